The van der Waals surface area contributed by atoms with Crippen LogP contribution in [0.5, 0.6) is 0 Å². The molecule has 2 aromatic rings. The van der Waals surface area contributed by atoms with Gasteiger partial charge in [0.05, 0.1) is 27.7 Å². The van der Waals surface area contributed by atoms with Gasteiger partial charge in [0.1, 0.15) is 5.69 Å². The van der Waals surface area contributed by atoms with Gasteiger partial charge in [0.2, 0.25) is 0 Å². The fourth-order valence-corrected chi connectivity index (χ4v) is 4.40. The highest BCUT2D eigenvalue weighted by molar-refractivity contribution is 5.93. The molecule has 0 spiro atoms. The Morgan fingerprint density at radius 2 is 1.96 bits per heavy atom. The van der Waals surface area contributed by atoms with E-state index in [0.717, 1.165) is 38.8 Å². The Bertz CT molecular complexity index is 766. The minimum Gasteiger partial charge on any atom is -0.349 e. The molecule has 3 heterocycles. The van der Waals surface area contributed by atoms with Crippen LogP contribution in [0.15, 0.2) is 30.5 Å². The summed E-state index contributed by atoms with van der Waals surface area (Å²) in [5, 5.41) is 12.4. The summed E-state index contributed by atoms with van der Waals surface area (Å²) < 4.78 is 0. The van der Waals surface area contributed by atoms with Crippen molar-refractivity contribution in [1.29, 1.82) is 0 Å². The molecule has 2 fully saturated rings. The zero-order valence-corrected chi connectivity index (χ0v) is 13.2. The van der Waals surface area contributed by atoms with E-state index in [9.17, 15) is 10.1 Å². The van der Waals surface area contributed by atoms with Crippen LogP contribution in [-0.4, -0.2) is 40.6 Å². The summed E-state index contributed by atoms with van der Waals surface area (Å²) in [6, 6.07) is 7.30. The first kappa shape index (κ1) is 14.4. The van der Waals surface area contributed by atoms with Gasteiger partial charge < -0.3 is 4.90 Å². The summed E-state index contributed by atoms with van der Waals surface area (Å²) in [6.45, 7) is 2.16. The van der Waals surface area contributed by atoms with Crippen LogP contribution < -0.4 is 4.90 Å². The average molecular weight is 312 g/mol. The molecule has 120 valence electrons. The first-order valence-corrected chi connectivity index (χ1v) is 8.14. The third-order valence-corrected chi connectivity index (χ3v) is 5.49. The monoisotopic (exact) mass is 312 g/mol. The van der Waals surface area contributed by atoms with Crippen molar-refractivity contribution in [2.75, 3.05) is 25.0 Å². The van der Waals surface area contributed by atoms with Crippen LogP contribution in [0.4, 0.5) is 11.4 Å². The summed E-state index contributed by atoms with van der Waals surface area (Å²) in [4.78, 5) is 20.6. The van der Waals surface area contributed by atoms with Gasteiger partial charge in [0.15, 0.2) is 0 Å². The van der Waals surface area contributed by atoms with Crippen molar-refractivity contribution >= 4 is 22.3 Å². The van der Waals surface area contributed by atoms with Crippen molar-refractivity contribution in [2.45, 2.75) is 31.3 Å². The molecule has 6 nitrogen and oxygen atoms in total. The number of hydrogen-bond donors (Lipinski definition) is 0. The maximum atomic E-state index is 11.8. The van der Waals surface area contributed by atoms with Gasteiger partial charge in [-0.1, -0.05) is 12.1 Å². The van der Waals surface area contributed by atoms with Crippen molar-refractivity contribution in [1.82, 2.24) is 9.88 Å². The number of pyridine rings is 1. The van der Waals surface area contributed by atoms with Crippen LogP contribution in [0.1, 0.15) is 25.7 Å². The van der Waals surface area contributed by atoms with E-state index >= 15 is 0 Å². The van der Waals surface area contributed by atoms with E-state index in [1.807, 2.05) is 25.2 Å². The van der Waals surface area contributed by atoms with Crippen LogP contribution in [0.25, 0.3) is 10.9 Å². The predicted octanol–water partition coefficient (Wildman–Crippen LogP) is 3.17. The van der Waals surface area contributed by atoms with Crippen molar-refractivity contribution in [3.8, 4) is 0 Å². The van der Waals surface area contributed by atoms with Gasteiger partial charge in [-0.3, -0.25) is 20.0 Å². The number of fused-ring (bicyclic) bond motifs is 2. The minimum atomic E-state index is -0.263. The topological polar surface area (TPSA) is 62.5 Å². The Balaban J connectivity index is 1.88. The molecule has 2 saturated heterocycles. The number of para-hydroxylation sites is 1. The fraction of sp³-hybridized carbons (Fsp3) is 0.471. The average Bonchev–Trinajstić information content (AvgIpc) is 3.13. The Morgan fingerprint density at radius 3 is 2.65 bits per heavy atom. The molecular formula is C17H20N4O2. The molecule has 23 heavy (non-hydrogen) atoms. The van der Waals surface area contributed by atoms with Gasteiger partial charge in [-0.05, 0) is 37.8 Å². The van der Waals surface area contributed by atoms with Crippen molar-refractivity contribution < 1.29 is 4.92 Å². The third-order valence-electron chi connectivity index (χ3n) is 5.49. The summed E-state index contributed by atoms with van der Waals surface area (Å²) in [5.41, 5.74) is 1.40. The molecule has 1 aromatic heterocycles. The Morgan fingerprint density at radius 1 is 1.26 bits per heavy atom. The Kier molecular flexibility index (Phi) is 3.23. The molecule has 0 bridgehead atoms. The second kappa shape index (κ2) is 5.16. The number of nitrogens with zero attached hydrogens (tertiary/aromatic N) is 4. The Hall–Kier alpha value is -2.21. The highest BCUT2D eigenvalue weighted by Gasteiger charge is 2.48. The molecule has 0 N–H and O–H groups in total. The molecule has 6 heteroatoms. The lowest BCUT2D eigenvalue weighted by Gasteiger charge is -2.42. The molecule has 0 unspecified atom stereocenters. The number of anilines is 1. The highest BCUT2D eigenvalue weighted by atomic mass is 16.6. The van der Waals surface area contributed by atoms with Crippen LogP contribution in [0.3, 0.4) is 0 Å². The predicted molar refractivity (Wildman–Crippen MR) is 89.6 cm³/mol. The zero-order valence-electron chi connectivity index (χ0n) is 13.2. The third kappa shape index (κ3) is 2.01. The Labute approximate surface area is 134 Å². The molecule has 1 aromatic carbocycles. The minimum absolute atomic E-state index is 0.0745. The number of rotatable bonds is 3. The number of hydrogen-bond acceptors (Lipinski definition) is 5. The molecular weight excluding hydrogens is 292 g/mol. The SMILES string of the molecule is CN(c1cnc2ccccc2c1[N+](=O)[O-])C12CCCN1CCC2. The summed E-state index contributed by atoms with van der Waals surface area (Å²) in [6.07, 6.45) is 6.10. The van der Waals surface area contributed by atoms with E-state index in [1.165, 1.54) is 0 Å². The van der Waals surface area contributed by atoms with E-state index in [2.05, 4.69) is 14.8 Å². The van der Waals surface area contributed by atoms with Crippen LogP contribution in [0.2, 0.25) is 0 Å². The normalized spacial score (nSPS) is 19.9. The highest BCUT2D eigenvalue weighted by Crippen LogP contribution is 2.45. The first-order chi connectivity index (χ1) is 11.1. The molecule has 0 amide bonds. The van der Waals surface area contributed by atoms with Gasteiger partial charge in [-0.15, -0.1) is 0 Å². The smallest absolute Gasteiger partial charge is 0.303 e. The summed E-state index contributed by atoms with van der Waals surface area (Å²) in [7, 11) is 1.99. The standard InChI is InChI=1S/C17H20N4O2/c1-19(17-8-4-10-20(17)11-5-9-17)15-12-18-14-7-3-2-6-13(14)16(15)21(22)23/h2-3,6-7,12H,4-5,8-11H2,1H3. The van der Waals surface area contributed by atoms with Gasteiger partial charge in [0.25, 0.3) is 0 Å². The van der Waals surface area contributed by atoms with Gasteiger partial charge in [-0.25, -0.2) is 0 Å². The van der Waals surface area contributed by atoms with E-state index < -0.39 is 0 Å². The zero-order chi connectivity index (χ0) is 16.0. The molecule has 2 aliphatic rings. The van der Waals surface area contributed by atoms with Crippen molar-refractivity contribution in [3.63, 3.8) is 0 Å². The molecule has 0 radical (unpaired) electrons. The molecule has 4 rings (SSSR count). The first-order valence-electron chi connectivity index (χ1n) is 8.14. The lowest BCUT2D eigenvalue weighted by molar-refractivity contribution is -0.382. The fourth-order valence-electron chi connectivity index (χ4n) is 4.40. The quantitative estimate of drug-likeness (QED) is 0.643. The van der Waals surface area contributed by atoms with Crippen LogP contribution in [-0.2, 0) is 0 Å². The van der Waals surface area contributed by atoms with Crippen molar-refractivity contribution in [2.24, 2.45) is 0 Å². The molecule has 0 saturated carbocycles. The summed E-state index contributed by atoms with van der Waals surface area (Å²) in [5.74, 6) is 0. The van der Waals surface area contributed by atoms with Gasteiger partial charge >= 0.3 is 5.69 Å². The second-order valence-corrected chi connectivity index (χ2v) is 6.50. The molecule has 0 atom stereocenters. The van der Waals surface area contributed by atoms with Crippen molar-refractivity contribution in [3.05, 3.63) is 40.6 Å². The molecule has 2 aliphatic heterocycles. The van der Waals surface area contributed by atoms with E-state index in [4.69, 9.17) is 0 Å². The maximum Gasteiger partial charge on any atom is 0.303 e. The van der Waals surface area contributed by atoms with E-state index in [0.29, 0.717) is 16.6 Å². The van der Waals surface area contributed by atoms with E-state index in [-0.39, 0.29) is 16.3 Å². The number of benzene rings is 1. The van der Waals surface area contributed by atoms with E-state index in [1.54, 1.807) is 12.3 Å². The lowest BCUT2D eigenvalue weighted by Crippen LogP contribution is -2.52. The lowest BCUT2D eigenvalue weighted by atomic mass is 10.0. The van der Waals surface area contributed by atoms with Crippen LogP contribution >= 0.6 is 0 Å². The second-order valence-electron chi connectivity index (χ2n) is 6.50. The van der Waals surface area contributed by atoms with Gasteiger partial charge in [-0.2, -0.15) is 0 Å². The summed E-state index contributed by atoms with van der Waals surface area (Å²) >= 11 is 0. The maximum absolute atomic E-state index is 11.8. The number of nitro groups is 1. The van der Waals surface area contributed by atoms with Crippen LogP contribution in [0, 0.1) is 10.1 Å². The number of aromatic nitrogens is 1. The molecule has 0 aliphatic carbocycles. The largest absolute Gasteiger partial charge is 0.349 e. The van der Waals surface area contributed by atoms with Gasteiger partial charge in [0, 0.05) is 20.1 Å².